The molecule has 0 atom stereocenters. The van der Waals surface area contributed by atoms with Gasteiger partial charge in [0.2, 0.25) is 0 Å². The molecule has 0 saturated carbocycles. The summed E-state index contributed by atoms with van der Waals surface area (Å²) in [7, 11) is 1.82. The molecule has 0 unspecified atom stereocenters. The van der Waals surface area contributed by atoms with E-state index in [9.17, 15) is 4.79 Å². The lowest BCUT2D eigenvalue weighted by Gasteiger charge is -2.24. The molecule has 1 saturated heterocycles. The van der Waals surface area contributed by atoms with Crippen molar-refractivity contribution in [1.82, 2.24) is 9.88 Å². The first kappa shape index (κ1) is 18.5. The second-order valence-electron chi connectivity index (χ2n) is 7.01. The normalized spacial score (nSPS) is 13.5. The van der Waals surface area contributed by atoms with Gasteiger partial charge in [-0.05, 0) is 24.5 Å². The molecular formula is C22H24N4OS. The highest BCUT2D eigenvalue weighted by molar-refractivity contribution is 7.14. The zero-order valence-electron chi connectivity index (χ0n) is 16.0. The maximum absolute atomic E-state index is 12.7. The van der Waals surface area contributed by atoms with Crippen LogP contribution in [0.2, 0.25) is 0 Å². The minimum Gasteiger partial charge on any atom is -0.371 e. The Labute approximate surface area is 169 Å². The lowest BCUT2D eigenvalue weighted by Crippen LogP contribution is -2.31. The molecule has 0 radical (unpaired) electrons. The maximum atomic E-state index is 12.7. The van der Waals surface area contributed by atoms with Crippen molar-refractivity contribution in [3.05, 3.63) is 65.5 Å². The van der Waals surface area contributed by atoms with E-state index in [4.69, 9.17) is 0 Å². The molecule has 0 bridgehead atoms. The summed E-state index contributed by atoms with van der Waals surface area (Å²) in [6.45, 7) is 2.75. The predicted octanol–water partition coefficient (Wildman–Crippen LogP) is 5.07. The number of hydrogen-bond acceptors (Lipinski definition) is 4. The zero-order valence-corrected chi connectivity index (χ0v) is 16.8. The Kier molecular flexibility index (Phi) is 5.58. The number of carbonyl (C=O) groups is 1. The lowest BCUT2D eigenvalue weighted by atomic mass is 10.1. The largest absolute Gasteiger partial charge is 0.371 e. The highest BCUT2D eigenvalue weighted by atomic mass is 32.1. The Balaban J connectivity index is 1.41. The fraction of sp³-hybridized carbons (Fsp3) is 0.273. The number of benzene rings is 2. The second kappa shape index (κ2) is 8.44. The minimum absolute atomic E-state index is 0.148. The summed E-state index contributed by atoms with van der Waals surface area (Å²) < 4.78 is 0. The van der Waals surface area contributed by atoms with E-state index in [2.05, 4.69) is 33.4 Å². The molecule has 0 spiro atoms. The van der Waals surface area contributed by atoms with Crippen LogP contribution in [-0.2, 0) is 6.54 Å². The van der Waals surface area contributed by atoms with Crippen LogP contribution in [-0.4, -0.2) is 36.1 Å². The highest BCUT2D eigenvalue weighted by Gasteiger charge is 2.18. The maximum Gasteiger partial charge on any atom is 0.323 e. The number of thiazole rings is 1. The number of aromatic nitrogens is 1. The topological polar surface area (TPSA) is 48.5 Å². The Hall–Kier alpha value is -2.86. The van der Waals surface area contributed by atoms with Crippen molar-refractivity contribution in [2.24, 2.45) is 0 Å². The van der Waals surface area contributed by atoms with Gasteiger partial charge in [0, 0.05) is 43.3 Å². The summed E-state index contributed by atoms with van der Waals surface area (Å²) in [6.07, 6.45) is 2.47. The minimum atomic E-state index is -0.148. The van der Waals surface area contributed by atoms with Crippen molar-refractivity contribution in [1.29, 1.82) is 0 Å². The summed E-state index contributed by atoms with van der Waals surface area (Å²) in [5, 5.41) is 5.50. The summed E-state index contributed by atoms with van der Waals surface area (Å²) in [6, 6.07) is 18.2. The Morgan fingerprint density at radius 1 is 1.11 bits per heavy atom. The van der Waals surface area contributed by atoms with Gasteiger partial charge in [0.25, 0.3) is 0 Å². The van der Waals surface area contributed by atoms with Gasteiger partial charge in [-0.3, -0.25) is 5.32 Å². The molecule has 4 rings (SSSR count). The Bertz CT molecular complexity index is 934. The van der Waals surface area contributed by atoms with Crippen LogP contribution in [0.25, 0.3) is 11.3 Å². The van der Waals surface area contributed by atoms with Crippen molar-refractivity contribution < 1.29 is 4.79 Å². The van der Waals surface area contributed by atoms with Gasteiger partial charge in [-0.15, -0.1) is 11.3 Å². The molecular weight excluding hydrogens is 368 g/mol. The van der Waals surface area contributed by atoms with Gasteiger partial charge < -0.3 is 9.80 Å². The average molecular weight is 393 g/mol. The Morgan fingerprint density at radius 3 is 2.61 bits per heavy atom. The molecule has 1 N–H and O–H groups in total. The van der Waals surface area contributed by atoms with E-state index in [1.807, 2.05) is 48.8 Å². The summed E-state index contributed by atoms with van der Waals surface area (Å²) in [5.41, 5.74) is 4.33. The van der Waals surface area contributed by atoms with Gasteiger partial charge >= 0.3 is 6.03 Å². The van der Waals surface area contributed by atoms with Crippen LogP contribution < -0.4 is 10.2 Å². The van der Waals surface area contributed by atoms with E-state index in [1.54, 1.807) is 4.90 Å². The number of para-hydroxylation sites is 1. The summed E-state index contributed by atoms with van der Waals surface area (Å²) in [4.78, 5) is 21.3. The van der Waals surface area contributed by atoms with Gasteiger partial charge in [0.05, 0.1) is 5.69 Å². The quantitative estimate of drug-likeness (QED) is 0.659. The Morgan fingerprint density at radius 2 is 1.82 bits per heavy atom. The van der Waals surface area contributed by atoms with E-state index in [0.29, 0.717) is 11.7 Å². The zero-order chi connectivity index (χ0) is 19.3. The van der Waals surface area contributed by atoms with E-state index in [-0.39, 0.29) is 6.03 Å². The van der Waals surface area contributed by atoms with E-state index in [1.165, 1.54) is 35.4 Å². The lowest BCUT2D eigenvalue weighted by molar-refractivity contribution is 0.220. The molecule has 1 aliphatic heterocycles. The second-order valence-corrected chi connectivity index (χ2v) is 7.87. The number of hydrogen-bond donors (Lipinski definition) is 1. The molecule has 2 heterocycles. The van der Waals surface area contributed by atoms with Crippen LogP contribution in [0.4, 0.5) is 15.6 Å². The molecule has 1 aromatic heterocycles. The van der Waals surface area contributed by atoms with Gasteiger partial charge in [0.1, 0.15) is 0 Å². The van der Waals surface area contributed by atoms with E-state index in [0.717, 1.165) is 24.3 Å². The van der Waals surface area contributed by atoms with Crippen molar-refractivity contribution in [3.63, 3.8) is 0 Å². The van der Waals surface area contributed by atoms with E-state index >= 15 is 0 Å². The number of carbonyl (C=O) groups excluding carboxylic acids is 1. The standard InChI is InChI=1S/C22H24N4OS/c1-25(15-18-11-5-6-12-20(18)26-13-7-8-14-26)22(27)24-21-23-19(16-28-21)17-9-3-2-4-10-17/h2-6,9-12,16H,7-8,13-15H2,1H3,(H,23,24,27). The first-order valence-electron chi connectivity index (χ1n) is 9.56. The third kappa shape index (κ3) is 4.17. The third-order valence-electron chi connectivity index (χ3n) is 4.98. The molecule has 28 heavy (non-hydrogen) atoms. The van der Waals surface area contributed by atoms with Crippen molar-refractivity contribution in [2.75, 3.05) is 30.4 Å². The number of anilines is 2. The molecule has 5 nitrogen and oxygen atoms in total. The van der Waals surface area contributed by atoms with Gasteiger partial charge in [-0.2, -0.15) is 0 Å². The number of amides is 2. The fourth-order valence-corrected chi connectivity index (χ4v) is 4.21. The van der Waals surface area contributed by atoms with Crippen LogP contribution in [0, 0.1) is 0 Å². The first-order chi connectivity index (χ1) is 13.7. The van der Waals surface area contributed by atoms with Crippen LogP contribution in [0.15, 0.2) is 60.0 Å². The van der Waals surface area contributed by atoms with Gasteiger partial charge in [-0.1, -0.05) is 48.5 Å². The van der Waals surface area contributed by atoms with Crippen LogP contribution in [0.5, 0.6) is 0 Å². The van der Waals surface area contributed by atoms with Gasteiger partial charge in [0.15, 0.2) is 5.13 Å². The van der Waals surface area contributed by atoms with Gasteiger partial charge in [-0.25, -0.2) is 9.78 Å². The molecule has 0 aliphatic carbocycles. The predicted molar refractivity (Wildman–Crippen MR) is 116 cm³/mol. The SMILES string of the molecule is CN(Cc1ccccc1N1CCCC1)C(=O)Nc1nc(-c2ccccc2)cs1. The first-order valence-corrected chi connectivity index (χ1v) is 10.4. The molecule has 1 aliphatic rings. The van der Waals surface area contributed by atoms with Crippen molar-refractivity contribution in [3.8, 4) is 11.3 Å². The highest BCUT2D eigenvalue weighted by Crippen LogP contribution is 2.27. The fourth-order valence-electron chi connectivity index (χ4n) is 3.50. The summed E-state index contributed by atoms with van der Waals surface area (Å²) in [5.74, 6) is 0. The number of nitrogens with one attached hydrogen (secondary N) is 1. The number of urea groups is 1. The molecule has 2 amide bonds. The monoisotopic (exact) mass is 392 g/mol. The van der Waals surface area contributed by atoms with Crippen molar-refractivity contribution in [2.45, 2.75) is 19.4 Å². The van der Waals surface area contributed by atoms with Crippen LogP contribution in [0.3, 0.4) is 0 Å². The van der Waals surface area contributed by atoms with E-state index < -0.39 is 0 Å². The molecule has 1 fully saturated rings. The van der Waals surface area contributed by atoms with Crippen molar-refractivity contribution >= 4 is 28.2 Å². The molecule has 144 valence electrons. The van der Waals surface area contributed by atoms with Crippen LogP contribution in [0.1, 0.15) is 18.4 Å². The third-order valence-corrected chi connectivity index (χ3v) is 5.74. The average Bonchev–Trinajstić information content (AvgIpc) is 3.41. The number of nitrogens with zero attached hydrogens (tertiary/aromatic N) is 3. The number of rotatable bonds is 5. The summed E-state index contributed by atoms with van der Waals surface area (Å²) >= 11 is 1.44. The smallest absolute Gasteiger partial charge is 0.323 e. The van der Waals surface area contributed by atoms with Crippen LogP contribution >= 0.6 is 11.3 Å². The molecule has 2 aromatic carbocycles. The molecule has 6 heteroatoms. The molecule has 3 aromatic rings.